The Hall–Kier alpha value is -2.05. The Kier molecular flexibility index (Phi) is 2.70. The Bertz CT molecular complexity index is 360. The highest BCUT2D eigenvalue weighted by Crippen LogP contribution is 2.11. The minimum Gasteiger partial charge on any atom is -0.479 e. The second-order valence-corrected chi connectivity index (χ2v) is 2.73. The Balaban J connectivity index is 2.88. The lowest BCUT2D eigenvalue weighted by molar-refractivity contribution is -0.139. The topological polar surface area (TPSA) is 110 Å². The van der Waals surface area contributed by atoms with E-state index in [9.17, 15) is 9.59 Å². The summed E-state index contributed by atoms with van der Waals surface area (Å²) in [5, 5.41) is 14.7. The summed E-state index contributed by atoms with van der Waals surface area (Å²) in [6.07, 6.45) is 2.85. The number of aryl methyl sites for hydroxylation is 1. The largest absolute Gasteiger partial charge is 0.479 e. The van der Waals surface area contributed by atoms with E-state index in [1.807, 2.05) is 0 Å². The molecule has 0 aliphatic heterocycles. The summed E-state index contributed by atoms with van der Waals surface area (Å²) >= 11 is 0. The summed E-state index contributed by atoms with van der Waals surface area (Å²) in [4.78, 5) is 21.3. The van der Waals surface area contributed by atoms with Crippen LogP contribution in [0, 0.1) is 0 Å². The van der Waals surface area contributed by atoms with Crippen LogP contribution in [-0.4, -0.2) is 26.9 Å². The molecule has 0 radical (unpaired) electrons. The first-order valence-corrected chi connectivity index (χ1v) is 3.78. The maximum absolute atomic E-state index is 10.7. The smallest absolute Gasteiger partial charge is 0.331 e. The van der Waals surface area contributed by atoms with Gasteiger partial charge in [0.25, 0.3) is 0 Å². The molecule has 0 bridgehead atoms. The van der Waals surface area contributed by atoms with Crippen LogP contribution in [0.4, 0.5) is 4.79 Å². The molecule has 1 aromatic rings. The summed E-state index contributed by atoms with van der Waals surface area (Å²) in [6, 6.07) is -2.04. The van der Waals surface area contributed by atoms with Crippen molar-refractivity contribution in [3.05, 3.63) is 18.0 Å². The Morgan fingerprint density at radius 2 is 2.36 bits per heavy atom. The molecule has 0 fully saturated rings. The number of primary amides is 1. The Morgan fingerprint density at radius 3 is 2.71 bits per heavy atom. The second kappa shape index (κ2) is 3.77. The van der Waals surface area contributed by atoms with Crippen LogP contribution in [0.25, 0.3) is 0 Å². The van der Waals surface area contributed by atoms with E-state index >= 15 is 0 Å². The van der Waals surface area contributed by atoms with E-state index in [-0.39, 0.29) is 0 Å². The standard InChI is InChI=1S/C7H10N4O3/c1-11-3-4(2-9-11)5(6(12)13)10-7(8)14/h2-3,5H,1H3,(H,12,13)(H3,8,10,14). The van der Waals surface area contributed by atoms with Gasteiger partial charge in [-0.15, -0.1) is 0 Å². The molecule has 7 heteroatoms. The number of aromatic nitrogens is 2. The molecular formula is C7H10N4O3. The van der Waals surface area contributed by atoms with Gasteiger partial charge in [-0.3, -0.25) is 4.68 Å². The lowest BCUT2D eigenvalue weighted by Crippen LogP contribution is -2.37. The molecule has 0 aliphatic carbocycles. The number of hydrogen-bond donors (Lipinski definition) is 3. The number of urea groups is 1. The van der Waals surface area contributed by atoms with Crippen molar-refractivity contribution < 1.29 is 14.7 Å². The maximum atomic E-state index is 10.7. The molecule has 1 unspecified atom stereocenters. The predicted molar refractivity (Wildman–Crippen MR) is 46.3 cm³/mol. The molecule has 0 aliphatic rings. The quantitative estimate of drug-likeness (QED) is 0.591. The highest BCUT2D eigenvalue weighted by atomic mass is 16.4. The third-order valence-corrected chi connectivity index (χ3v) is 1.59. The van der Waals surface area contributed by atoms with Crippen LogP contribution in [0.2, 0.25) is 0 Å². The molecule has 0 saturated carbocycles. The number of amides is 2. The molecule has 14 heavy (non-hydrogen) atoms. The van der Waals surface area contributed by atoms with E-state index in [4.69, 9.17) is 10.8 Å². The predicted octanol–water partition coefficient (Wildman–Crippen LogP) is -0.786. The fourth-order valence-corrected chi connectivity index (χ4v) is 1.02. The van der Waals surface area contributed by atoms with Crippen LogP contribution in [0.1, 0.15) is 11.6 Å². The SMILES string of the molecule is Cn1cc(C(NC(N)=O)C(=O)O)cn1. The molecule has 4 N–H and O–H groups in total. The number of nitrogens with two attached hydrogens (primary N) is 1. The van der Waals surface area contributed by atoms with Crippen molar-refractivity contribution in [1.29, 1.82) is 0 Å². The second-order valence-electron chi connectivity index (χ2n) is 2.73. The molecule has 2 amide bonds. The third kappa shape index (κ3) is 2.22. The Morgan fingerprint density at radius 1 is 1.71 bits per heavy atom. The molecule has 0 saturated heterocycles. The van der Waals surface area contributed by atoms with Crippen molar-refractivity contribution in [2.45, 2.75) is 6.04 Å². The number of hydrogen-bond acceptors (Lipinski definition) is 3. The normalized spacial score (nSPS) is 12.1. The van der Waals surface area contributed by atoms with Gasteiger partial charge in [-0.2, -0.15) is 5.10 Å². The van der Waals surface area contributed by atoms with Gasteiger partial charge in [-0.25, -0.2) is 9.59 Å². The highest BCUT2D eigenvalue weighted by molar-refractivity contribution is 5.82. The summed E-state index contributed by atoms with van der Waals surface area (Å²) < 4.78 is 1.44. The van der Waals surface area contributed by atoms with Crippen molar-refractivity contribution in [3.63, 3.8) is 0 Å². The first-order valence-electron chi connectivity index (χ1n) is 3.78. The van der Waals surface area contributed by atoms with Crippen LogP contribution in [0.5, 0.6) is 0 Å². The number of aliphatic carboxylic acids is 1. The summed E-state index contributed by atoms with van der Waals surface area (Å²) in [5.74, 6) is -1.18. The zero-order chi connectivity index (χ0) is 10.7. The van der Waals surface area contributed by atoms with Gasteiger partial charge in [-0.05, 0) is 0 Å². The molecule has 76 valence electrons. The van der Waals surface area contributed by atoms with E-state index in [1.165, 1.54) is 17.1 Å². The van der Waals surface area contributed by atoms with Gasteiger partial charge >= 0.3 is 12.0 Å². The lowest BCUT2D eigenvalue weighted by atomic mass is 10.2. The zero-order valence-electron chi connectivity index (χ0n) is 7.47. The van der Waals surface area contributed by atoms with Crippen molar-refractivity contribution in [3.8, 4) is 0 Å². The van der Waals surface area contributed by atoms with Crippen LogP contribution in [0.3, 0.4) is 0 Å². The number of carbonyl (C=O) groups excluding carboxylic acids is 1. The fraction of sp³-hybridized carbons (Fsp3) is 0.286. The van der Waals surface area contributed by atoms with E-state index in [0.29, 0.717) is 5.56 Å². The minimum atomic E-state index is -1.18. The van der Waals surface area contributed by atoms with Crippen molar-refractivity contribution in [2.75, 3.05) is 0 Å². The molecule has 7 nitrogen and oxygen atoms in total. The number of nitrogens with zero attached hydrogens (tertiary/aromatic N) is 2. The van der Waals surface area contributed by atoms with Gasteiger partial charge < -0.3 is 16.2 Å². The number of carboxylic acids is 1. The third-order valence-electron chi connectivity index (χ3n) is 1.59. The van der Waals surface area contributed by atoms with Gasteiger partial charge in [0.1, 0.15) is 0 Å². The molecule has 0 aromatic carbocycles. The van der Waals surface area contributed by atoms with Crippen LogP contribution in [-0.2, 0) is 11.8 Å². The van der Waals surface area contributed by atoms with Crippen molar-refractivity contribution >= 4 is 12.0 Å². The minimum absolute atomic E-state index is 0.374. The van der Waals surface area contributed by atoms with Crippen LogP contribution < -0.4 is 11.1 Å². The van der Waals surface area contributed by atoms with Gasteiger partial charge in [-0.1, -0.05) is 0 Å². The monoisotopic (exact) mass is 198 g/mol. The number of nitrogens with one attached hydrogen (secondary N) is 1. The number of carboxylic acid groups (broad SMARTS) is 1. The number of carbonyl (C=O) groups is 2. The lowest BCUT2D eigenvalue weighted by Gasteiger charge is -2.09. The molecule has 1 heterocycles. The fourth-order valence-electron chi connectivity index (χ4n) is 1.02. The molecule has 1 aromatic heterocycles. The van der Waals surface area contributed by atoms with Gasteiger partial charge in [0.15, 0.2) is 6.04 Å². The highest BCUT2D eigenvalue weighted by Gasteiger charge is 2.22. The zero-order valence-corrected chi connectivity index (χ0v) is 7.47. The average Bonchev–Trinajstić information content (AvgIpc) is 2.46. The van der Waals surface area contributed by atoms with E-state index in [1.54, 1.807) is 7.05 Å². The van der Waals surface area contributed by atoms with Crippen LogP contribution >= 0.6 is 0 Å². The summed E-state index contributed by atoms with van der Waals surface area (Å²) in [6.45, 7) is 0. The molecule has 1 rings (SSSR count). The van der Waals surface area contributed by atoms with Gasteiger partial charge in [0.2, 0.25) is 0 Å². The average molecular weight is 198 g/mol. The van der Waals surface area contributed by atoms with Crippen molar-refractivity contribution in [1.82, 2.24) is 15.1 Å². The number of rotatable bonds is 3. The first-order chi connectivity index (χ1) is 6.50. The maximum Gasteiger partial charge on any atom is 0.331 e. The molecular weight excluding hydrogens is 188 g/mol. The molecule has 0 spiro atoms. The van der Waals surface area contributed by atoms with Gasteiger partial charge in [0, 0.05) is 18.8 Å². The summed E-state index contributed by atoms with van der Waals surface area (Å²) in [7, 11) is 1.65. The van der Waals surface area contributed by atoms with E-state index in [0.717, 1.165) is 0 Å². The molecule has 1 atom stereocenters. The first kappa shape index (κ1) is 10.0. The van der Waals surface area contributed by atoms with Gasteiger partial charge in [0.05, 0.1) is 6.20 Å². The summed E-state index contributed by atoms with van der Waals surface area (Å²) in [5.41, 5.74) is 5.21. The van der Waals surface area contributed by atoms with Crippen LogP contribution in [0.15, 0.2) is 12.4 Å². The Labute approximate surface area is 79.5 Å². The van der Waals surface area contributed by atoms with Crippen molar-refractivity contribution in [2.24, 2.45) is 12.8 Å². The van der Waals surface area contributed by atoms with E-state index < -0.39 is 18.0 Å². The van der Waals surface area contributed by atoms with E-state index in [2.05, 4.69) is 10.4 Å².